The average Bonchev–Trinajstić information content (AvgIpc) is 2.73. The third-order valence-corrected chi connectivity index (χ3v) is 5.60. The summed E-state index contributed by atoms with van der Waals surface area (Å²) in [7, 11) is 0. The quantitative estimate of drug-likeness (QED) is 0.623. The van der Waals surface area contributed by atoms with Crippen LogP contribution in [0.25, 0.3) is 0 Å². The third kappa shape index (κ3) is 3.38. The van der Waals surface area contributed by atoms with Crippen LogP contribution in [-0.2, 0) is 16.0 Å². The fourth-order valence-electron chi connectivity index (χ4n) is 2.60. The number of alkyl halides is 1. The summed E-state index contributed by atoms with van der Waals surface area (Å²) >= 11 is 3.73. The van der Waals surface area contributed by atoms with E-state index in [0.29, 0.717) is 17.4 Å². The largest absolute Gasteiger partial charge is 0.465 e. The molecule has 3 heteroatoms. The van der Waals surface area contributed by atoms with Crippen LogP contribution >= 0.6 is 15.9 Å². The average molecular weight is 325 g/mol. The summed E-state index contributed by atoms with van der Waals surface area (Å²) in [6, 6.07) is 8.41. The molecule has 0 amide bonds. The molecule has 1 heterocycles. The minimum absolute atomic E-state index is 0.0190. The van der Waals surface area contributed by atoms with Crippen LogP contribution in [0, 0.1) is 24.7 Å². The van der Waals surface area contributed by atoms with Crippen LogP contribution in [0.4, 0.5) is 0 Å². The van der Waals surface area contributed by atoms with Crippen molar-refractivity contribution in [1.82, 2.24) is 0 Å². The van der Waals surface area contributed by atoms with Crippen LogP contribution in [0.15, 0.2) is 24.3 Å². The van der Waals surface area contributed by atoms with Crippen LogP contribution in [0.1, 0.15) is 25.0 Å². The normalized spacial score (nSPS) is 24.6. The van der Waals surface area contributed by atoms with Gasteiger partial charge in [0.25, 0.3) is 0 Å². The van der Waals surface area contributed by atoms with Crippen LogP contribution < -0.4 is 0 Å². The Bertz CT molecular complexity index is 439. The van der Waals surface area contributed by atoms with Gasteiger partial charge in [0, 0.05) is 10.7 Å². The Labute approximate surface area is 123 Å². The first-order chi connectivity index (χ1) is 8.99. The zero-order chi connectivity index (χ0) is 14.0. The van der Waals surface area contributed by atoms with E-state index >= 15 is 0 Å². The second kappa shape index (κ2) is 6.08. The molecule has 0 bridgehead atoms. The summed E-state index contributed by atoms with van der Waals surface area (Å²) < 4.78 is 5.28. The van der Waals surface area contributed by atoms with Gasteiger partial charge >= 0.3 is 5.97 Å². The first-order valence-corrected chi connectivity index (χ1v) is 7.77. The molecule has 19 heavy (non-hydrogen) atoms. The first-order valence-electron chi connectivity index (χ1n) is 6.85. The molecule has 3 atom stereocenters. The van der Waals surface area contributed by atoms with Gasteiger partial charge in [-0.1, -0.05) is 59.6 Å². The van der Waals surface area contributed by atoms with Crippen molar-refractivity contribution in [2.75, 3.05) is 6.61 Å². The highest BCUT2D eigenvalue weighted by atomic mass is 79.9. The molecule has 104 valence electrons. The van der Waals surface area contributed by atoms with E-state index in [0.717, 1.165) is 6.42 Å². The SMILES string of the molecule is Cc1ccc(C[C@H]2C(=O)OC[C@H]2[C@H](Br)C(C)C)cc1. The van der Waals surface area contributed by atoms with Crippen molar-refractivity contribution >= 4 is 21.9 Å². The Kier molecular flexibility index (Phi) is 4.67. The summed E-state index contributed by atoms with van der Waals surface area (Å²) in [5.41, 5.74) is 2.46. The van der Waals surface area contributed by atoms with E-state index in [1.807, 2.05) is 0 Å². The monoisotopic (exact) mass is 324 g/mol. The standard InChI is InChI=1S/C16H21BrO2/c1-10(2)15(17)14-9-19-16(18)13(14)8-12-6-4-11(3)5-7-12/h4-7,10,13-15H,8-9H2,1-3H3/t13-,14-,15-/m1/s1. The van der Waals surface area contributed by atoms with E-state index in [-0.39, 0.29) is 17.8 Å². The molecule has 1 aliphatic heterocycles. The lowest BCUT2D eigenvalue weighted by Crippen LogP contribution is -2.29. The number of esters is 1. The lowest BCUT2D eigenvalue weighted by Gasteiger charge is -2.23. The summed E-state index contributed by atoms with van der Waals surface area (Å²) in [5, 5.41) is 0. The Balaban J connectivity index is 2.11. The maximum atomic E-state index is 11.9. The number of carbonyl (C=O) groups is 1. The molecule has 0 aliphatic carbocycles. The highest BCUT2D eigenvalue weighted by Crippen LogP contribution is 2.35. The van der Waals surface area contributed by atoms with Crippen LogP contribution in [0.5, 0.6) is 0 Å². The van der Waals surface area contributed by atoms with Gasteiger partial charge in [0.1, 0.15) is 0 Å². The van der Waals surface area contributed by atoms with Gasteiger partial charge in [-0.3, -0.25) is 4.79 Å². The number of hydrogen-bond acceptors (Lipinski definition) is 2. The molecule has 0 aromatic heterocycles. The molecule has 2 rings (SSSR count). The van der Waals surface area contributed by atoms with E-state index in [2.05, 4.69) is 61.0 Å². The summed E-state index contributed by atoms with van der Waals surface area (Å²) in [6.45, 7) is 6.96. The maximum absolute atomic E-state index is 11.9. The van der Waals surface area contributed by atoms with E-state index in [1.165, 1.54) is 11.1 Å². The van der Waals surface area contributed by atoms with E-state index in [1.54, 1.807) is 0 Å². The van der Waals surface area contributed by atoms with Gasteiger partial charge in [0.2, 0.25) is 0 Å². The lowest BCUT2D eigenvalue weighted by atomic mass is 9.84. The minimum atomic E-state index is -0.0457. The van der Waals surface area contributed by atoms with Crippen molar-refractivity contribution in [3.05, 3.63) is 35.4 Å². The molecule has 1 fully saturated rings. The Morgan fingerprint density at radius 2 is 1.95 bits per heavy atom. The zero-order valence-corrected chi connectivity index (χ0v) is 13.3. The number of aryl methyl sites for hydroxylation is 1. The topological polar surface area (TPSA) is 26.3 Å². The Morgan fingerprint density at radius 3 is 2.53 bits per heavy atom. The number of hydrogen-bond donors (Lipinski definition) is 0. The summed E-state index contributed by atoms with van der Waals surface area (Å²) in [6.07, 6.45) is 0.776. The second-order valence-electron chi connectivity index (χ2n) is 5.78. The van der Waals surface area contributed by atoms with Gasteiger partial charge in [-0.15, -0.1) is 0 Å². The van der Waals surface area contributed by atoms with E-state index in [4.69, 9.17) is 4.74 Å². The molecule has 2 nitrogen and oxygen atoms in total. The highest BCUT2D eigenvalue weighted by molar-refractivity contribution is 9.09. The van der Waals surface area contributed by atoms with Crippen molar-refractivity contribution in [3.8, 4) is 0 Å². The van der Waals surface area contributed by atoms with Crippen molar-refractivity contribution in [2.24, 2.45) is 17.8 Å². The van der Waals surface area contributed by atoms with Gasteiger partial charge in [0.15, 0.2) is 0 Å². The molecular weight excluding hydrogens is 304 g/mol. The molecule has 1 aliphatic rings. The molecule has 0 saturated carbocycles. The molecule has 0 spiro atoms. The predicted octanol–water partition coefficient (Wildman–Crippen LogP) is 3.75. The van der Waals surface area contributed by atoms with Crippen molar-refractivity contribution in [3.63, 3.8) is 0 Å². The van der Waals surface area contributed by atoms with Gasteiger partial charge < -0.3 is 4.74 Å². The Morgan fingerprint density at radius 1 is 1.32 bits per heavy atom. The van der Waals surface area contributed by atoms with Gasteiger partial charge in [-0.2, -0.15) is 0 Å². The van der Waals surface area contributed by atoms with Gasteiger partial charge in [-0.25, -0.2) is 0 Å². The molecule has 1 aromatic rings. The van der Waals surface area contributed by atoms with E-state index in [9.17, 15) is 4.79 Å². The summed E-state index contributed by atoms with van der Waals surface area (Å²) in [4.78, 5) is 12.3. The molecule has 0 unspecified atom stereocenters. The van der Waals surface area contributed by atoms with Crippen LogP contribution in [-0.4, -0.2) is 17.4 Å². The molecular formula is C16H21BrO2. The lowest BCUT2D eigenvalue weighted by molar-refractivity contribution is -0.141. The van der Waals surface area contributed by atoms with Crippen molar-refractivity contribution < 1.29 is 9.53 Å². The predicted molar refractivity (Wildman–Crippen MR) is 80.4 cm³/mol. The number of benzene rings is 1. The number of cyclic esters (lactones) is 1. The number of ether oxygens (including phenoxy) is 1. The number of carbonyl (C=O) groups excluding carboxylic acids is 1. The van der Waals surface area contributed by atoms with Gasteiger partial charge in [-0.05, 0) is 24.8 Å². The first kappa shape index (κ1) is 14.6. The van der Waals surface area contributed by atoms with Gasteiger partial charge in [0.05, 0.1) is 12.5 Å². The molecule has 0 radical (unpaired) electrons. The van der Waals surface area contributed by atoms with Crippen molar-refractivity contribution in [2.45, 2.75) is 32.0 Å². The van der Waals surface area contributed by atoms with Crippen molar-refractivity contribution in [1.29, 1.82) is 0 Å². The molecule has 0 N–H and O–H groups in total. The smallest absolute Gasteiger partial charge is 0.309 e. The molecule has 1 saturated heterocycles. The minimum Gasteiger partial charge on any atom is -0.465 e. The summed E-state index contributed by atoms with van der Waals surface area (Å²) in [5.74, 6) is 0.707. The molecule has 1 aromatic carbocycles. The van der Waals surface area contributed by atoms with E-state index < -0.39 is 0 Å². The highest BCUT2D eigenvalue weighted by Gasteiger charge is 2.41. The second-order valence-corrected chi connectivity index (χ2v) is 6.84. The number of rotatable bonds is 4. The fourth-order valence-corrected chi connectivity index (χ4v) is 3.12. The Hall–Kier alpha value is -0.830. The van der Waals surface area contributed by atoms with Crippen LogP contribution in [0.2, 0.25) is 0 Å². The third-order valence-electron chi connectivity index (χ3n) is 3.86. The zero-order valence-electron chi connectivity index (χ0n) is 11.7. The van der Waals surface area contributed by atoms with Crippen LogP contribution in [0.3, 0.4) is 0 Å². The number of halogens is 1. The fraction of sp³-hybridized carbons (Fsp3) is 0.562. The maximum Gasteiger partial charge on any atom is 0.309 e.